The molecule has 1 N–H and O–H groups in total. The molecule has 1 saturated heterocycles. The van der Waals surface area contributed by atoms with Gasteiger partial charge in [-0.2, -0.15) is 4.99 Å². The minimum atomic E-state index is -4.76. The van der Waals surface area contributed by atoms with Crippen molar-refractivity contribution < 1.29 is 27.5 Å². The lowest BCUT2D eigenvalue weighted by Crippen LogP contribution is -2.32. The highest BCUT2D eigenvalue weighted by atomic mass is 32.2. The molecule has 41 heavy (non-hydrogen) atoms. The highest BCUT2D eigenvalue weighted by Crippen LogP contribution is 2.29. The summed E-state index contributed by atoms with van der Waals surface area (Å²) in [5.74, 6) is 0.225. The number of alkyl halides is 3. The van der Waals surface area contributed by atoms with Crippen LogP contribution >= 0.6 is 11.8 Å². The van der Waals surface area contributed by atoms with Crippen LogP contribution in [-0.4, -0.2) is 50.5 Å². The summed E-state index contributed by atoms with van der Waals surface area (Å²) >= 11 is 1.23. The number of rotatable bonds is 7. The number of nitrogens with one attached hydrogen (secondary N) is 1. The maximum absolute atomic E-state index is 12.5. The third-order valence-electron chi connectivity index (χ3n) is 6.05. The van der Waals surface area contributed by atoms with Crippen LogP contribution in [-0.2, 0) is 11.2 Å². The molecule has 1 fully saturated rings. The first-order chi connectivity index (χ1) is 19.7. The normalized spacial score (nSPS) is 14.5. The summed E-state index contributed by atoms with van der Waals surface area (Å²) in [7, 11) is 0. The zero-order chi connectivity index (χ0) is 29.0. The van der Waals surface area contributed by atoms with E-state index in [1.54, 1.807) is 0 Å². The Hall–Kier alpha value is -4.65. The summed E-state index contributed by atoms with van der Waals surface area (Å²) < 4.78 is 42.4. The molecule has 5 rings (SSSR count). The van der Waals surface area contributed by atoms with Crippen molar-refractivity contribution in [1.29, 1.82) is 0 Å². The smallest absolute Gasteiger partial charge is 0.406 e. The third-order valence-corrected chi connectivity index (χ3v) is 6.97. The minimum Gasteiger partial charge on any atom is -0.406 e. The molecule has 0 bridgehead atoms. The molecule has 1 aliphatic heterocycles. The van der Waals surface area contributed by atoms with Crippen LogP contribution in [0.15, 0.2) is 84.1 Å². The van der Waals surface area contributed by atoms with Gasteiger partial charge in [0.2, 0.25) is 5.91 Å². The Balaban J connectivity index is 1.15. The zero-order valence-corrected chi connectivity index (χ0v) is 22.4. The molecule has 0 atom stereocenters. The fourth-order valence-electron chi connectivity index (χ4n) is 4.08. The highest BCUT2D eigenvalue weighted by Gasteiger charge is 2.32. The number of anilines is 1. The van der Waals surface area contributed by atoms with E-state index in [4.69, 9.17) is 0 Å². The zero-order valence-electron chi connectivity index (χ0n) is 21.6. The molecule has 210 valence electrons. The molecule has 1 aromatic heterocycles. The van der Waals surface area contributed by atoms with Crippen LogP contribution in [0, 0.1) is 6.92 Å². The second-order valence-electron chi connectivity index (χ2n) is 8.93. The predicted octanol–water partition coefficient (Wildman–Crippen LogP) is 5.53. The third kappa shape index (κ3) is 6.92. The number of carbonyl (C=O) groups excluding carboxylic acids is 2. The van der Waals surface area contributed by atoms with Gasteiger partial charge in [-0.1, -0.05) is 54.2 Å². The number of halogens is 3. The van der Waals surface area contributed by atoms with Gasteiger partial charge in [0.25, 0.3) is 0 Å². The van der Waals surface area contributed by atoms with E-state index >= 15 is 0 Å². The molecule has 9 nitrogen and oxygen atoms in total. The molecule has 2 heterocycles. The van der Waals surface area contributed by atoms with E-state index in [-0.39, 0.29) is 17.4 Å². The first kappa shape index (κ1) is 27.9. The molecule has 0 radical (unpaired) electrons. The van der Waals surface area contributed by atoms with Crippen LogP contribution in [0.3, 0.4) is 0 Å². The number of nitrogens with zero attached hydrogens (tertiary/aromatic N) is 5. The van der Waals surface area contributed by atoms with Gasteiger partial charge < -0.3 is 10.1 Å². The number of thioether (sulfide) groups is 1. The Morgan fingerprint density at radius 3 is 2.51 bits per heavy atom. The number of para-hydroxylation sites is 1. The molecule has 4 aromatic rings. The number of aromatic nitrogens is 3. The van der Waals surface area contributed by atoms with Gasteiger partial charge in [0.15, 0.2) is 11.0 Å². The van der Waals surface area contributed by atoms with Crippen molar-refractivity contribution in [2.45, 2.75) is 19.7 Å². The number of hydrogen-bond donors (Lipinski definition) is 1. The van der Waals surface area contributed by atoms with Gasteiger partial charge in [0.1, 0.15) is 12.1 Å². The summed E-state index contributed by atoms with van der Waals surface area (Å²) in [6, 6.07) is 19.7. The predicted molar refractivity (Wildman–Crippen MR) is 149 cm³/mol. The molecule has 0 unspecified atom stereocenters. The van der Waals surface area contributed by atoms with Crippen molar-refractivity contribution in [2.75, 3.05) is 17.2 Å². The van der Waals surface area contributed by atoms with E-state index in [2.05, 4.69) is 25.1 Å². The standard InChI is InChI=1S/C28H23F3N6O3S/c1-18-4-2-3-5-23(18)37-24(38)16-41-27(37)34-26(39)32-15-14-19-6-8-20(9-7-19)25-33-17-36(35-25)21-10-12-22(13-11-21)40-28(29,30)31/h2-13,17H,14-16H2,1H3,(H,32,39). The topological polar surface area (TPSA) is 102 Å². The number of amides is 3. The van der Waals surface area contributed by atoms with Gasteiger partial charge in [-0.05, 0) is 54.8 Å². The average molecular weight is 581 g/mol. The van der Waals surface area contributed by atoms with Crippen molar-refractivity contribution in [3.8, 4) is 22.8 Å². The van der Waals surface area contributed by atoms with Crippen LogP contribution in [0.4, 0.5) is 23.7 Å². The molecular weight excluding hydrogens is 557 g/mol. The average Bonchev–Trinajstić information content (AvgIpc) is 3.56. The second kappa shape index (κ2) is 11.8. The molecule has 1 aliphatic rings. The number of carbonyl (C=O) groups is 2. The number of ether oxygens (including phenoxy) is 1. The maximum Gasteiger partial charge on any atom is 0.573 e. The molecule has 3 aromatic carbocycles. The van der Waals surface area contributed by atoms with E-state index in [0.717, 1.165) is 16.7 Å². The first-order valence-electron chi connectivity index (χ1n) is 12.4. The van der Waals surface area contributed by atoms with E-state index in [1.165, 1.54) is 51.9 Å². The van der Waals surface area contributed by atoms with Gasteiger partial charge in [0.05, 0.1) is 17.1 Å². The molecular formula is C28H23F3N6O3S. The van der Waals surface area contributed by atoms with Crippen molar-refractivity contribution >= 4 is 34.6 Å². The Kier molecular flexibility index (Phi) is 8.06. The fourth-order valence-corrected chi connectivity index (χ4v) is 4.94. The highest BCUT2D eigenvalue weighted by molar-refractivity contribution is 8.15. The van der Waals surface area contributed by atoms with Crippen molar-refractivity contribution in [2.24, 2.45) is 4.99 Å². The number of aliphatic imine (C=N–C) groups is 1. The Morgan fingerprint density at radius 2 is 1.80 bits per heavy atom. The lowest BCUT2D eigenvalue weighted by molar-refractivity contribution is -0.274. The summed E-state index contributed by atoms with van der Waals surface area (Å²) in [5, 5.41) is 7.52. The lowest BCUT2D eigenvalue weighted by Gasteiger charge is -2.18. The van der Waals surface area contributed by atoms with Gasteiger partial charge in [-0.25, -0.2) is 14.5 Å². The summed E-state index contributed by atoms with van der Waals surface area (Å²) in [6.07, 6.45) is -2.73. The maximum atomic E-state index is 12.5. The van der Waals surface area contributed by atoms with E-state index in [1.807, 2.05) is 55.5 Å². The van der Waals surface area contributed by atoms with Gasteiger partial charge in [-0.3, -0.25) is 9.69 Å². The molecule has 0 aliphatic carbocycles. The van der Waals surface area contributed by atoms with Crippen molar-refractivity contribution in [3.63, 3.8) is 0 Å². The van der Waals surface area contributed by atoms with Crippen LogP contribution in [0.25, 0.3) is 17.1 Å². The first-order valence-corrected chi connectivity index (χ1v) is 13.4. The Morgan fingerprint density at radius 1 is 1.07 bits per heavy atom. The Bertz CT molecular complexity index is 1590. The quantitative estimate of drug-likeness (QED) is 0.309. The second-order valence-corrected chi connectivity index (χ2v) is 9.87. The van der Waals surface area contributed by atoms with E-state index in [0.29, 0.717) is 35.3 Å². The van der Waals surface area contributed by atoms with Crippen molar-refractivity contribution in [3.05, 3.63) is 90.3 Å². The van der Waals surface area contributed by atoms with Crippen LogP contribution in [0.2, 0.25) is 0 Å². The van der Waals surface area contributed by atoms with Gasteiger partial charge in [0, 0.05) is 12.1 Å². The lowest BCUT2D eigenvalue weighted by atomic mass is 10.1. The molecule has 0 spiro atoms. The van der Waals surface area contributed by atoms with E-state index in [9.17, 15) is 22.8 Å². The summed E-state index contributed by atoms with van der Waals surface area (Å²) in [4.78, 5) is 34.8. The SMILES string of the molecule is Cc1ccccc1N1C(=O)CSC1=NC(=O)NCCc1ccc(-c2ncn(-c3ccc(OC(F)(F)F)cc3)n2)cc1. The number of urea groups is 1. The number of amidine groups is 1. The van der Waals surface area contributed by atoms with Gasteiger partial charge >= 0.3 is 12.4 Å². The largest absolute Gasteiger partial charge is 0.573 e. The van der Waals surface area contributed by atoms with Crippen molar-refractivity contribution in [1.82, 2.24) is 20.1 Å². The molecule has 3 amide bonds. The summed E-state index contributed by atoms with van der Waals surface area (Å²) in [5.41, 5.74) is 3.86. The van der Waals surface area contributed by atoms with Crippen LogP contribution in [0.5, 0.6) is 5.75 Å². The van der Waals surface area contributed by atoms with E-state index < -0.39 is 12.4 Å². The van der Waals surface area contributed by atoms with Crippen LogP contribution < -0.4 is 15.0 Å². The molecule has 13 heteroatoms. The molecule has 0 saturated carbocycles. The number of aryl methyl sites for hydroxylation is 1. The minimum absolute atomic E-state index is 0.122. The summed E-state index contributed by atoms with van der Waals surface area (Å²) in [6.45, 7) is 2.24. The van der Waals surface area contributed by atoms with Crippen LogP contribution in [0.1, 0.15) is 11.1 Å². The number of benzene rings is 3. The number of hydrogen-bond acceptors (Lipinski definition) is 6. The monoisotopic (exact) mass is 580 g/mol. The fraction of sp³-hybridized carbons (Fsp3) is 0.179. The Labute approximate surface area is 237 Å². The van der Waals surface area contributed by atoms with Gasteiger partial charge in [-0.15, -0.1) is 18.3 Å².